The lowest BCUT2D eigenvalue weighted by atomic mass is 10.1. The first-order valence-corrected chi connectivity index (χ1v) is 5.18. The van der Waals surface area contributed by atoms with Crippen molar-refractivity contribution in [2.45, 2.75) is 33.0 Å². The van der Waals surface area contributed by atoms with Gasteiger partial charge in [0.2, 0.25) is 5.95 Å². The Bertz CT molecular complexity index is 390. The van der Waals surface area contributed by atoms with Gasteiger partial charge >= 0.3 is 6.18 Å². The molecule has 0 spiro atoms. The van der Waals surface area contributed by atoms with Crippen LogP contribution in [-0.4, -0.2) is 16.0 Å². The molecule has 0 aliphatic heterocycles. The van der Waals surface area contributed by atoms with E-state index in [4.69, 9.17) is 5.73 Å². The molecule has 0 saturated heterocycles. The van der Waals surface area contributed by atoms with Crippen LogP contribution in [0.3, 0.4) is 0 Å². The van der Waals surface area contributed by atoms with E-state index in [9.17, 15) is 13.2 Å². The van der Waals surface area contributed by atoms with Crippen LogP contribution < -0.4 is 11.1 Å². The lowest BCUT2D eigenvalue weighted by Gasteiger charge is -2.18. The molecule has 4 nitrogen and oxygen atoms in total. The smallest absolute Gasteiger partial charge is 0.383 e. The van der Waals surface area contributed by atoms with E-state index in [-0.39, 0.29) is 12.0 Å². The maximum atomic E-state index is 12.4. The Hall–Kier alpha value is -1.53. The van der Waals surface area contributed by atoms with Gasteiger partial charge in [-0.2, -0.15) is 18.2 Å². The van der Waals surface area contributed by atoms with Crippen molar-refractivity contribution < 1.29 is 13.2 Å². The molecule has 0 amide bonds. The van der Waals surface area contributed by atoms with Gasteiger partial charge in [-0.25, -0.2) is 4.98 Å². The Labute approximate surface area is 97.4 Å². The fourth-order valence-electron chi connectivity index (χ4n) is 1.05. The number of nitrogens with zero attached hydrogens (tertiary/aromatic N) is 2. The van der Waals surface area contributed by atoms with Gasteiger partial charge in [-0.3, -0.25) is 0 Å². The van der Waals surface area contributed by atoms with Crippen LogP contribution in [0.4, 0.5) is 24.9 Å². The van der Waals surface area contributed by atoms with Gasteiger partial charge in [-0.1, -0.05) is 13.8 Å². The summed E-state index contributed by atoms with van der Waals surface area (Å²) < 4.78 is 37.2. The Kier molecular flexibility index (Phi) is 3.79. The zero-order chi connectivity index (χ0) is 13.2. The zero-order valence-corrected chi connectivity index (χ0v) is 9.84. The third kappa shape index (κ3) is 3.47. The molecule has 1 aromatic rings. The third-order valence-electron chi connectivity index (χ3n) is 2.48. The Balaban J connectivity index is 2.90. The molecule has 0 unspecified atom stereocenters. The molecule has 1 atom stereocenters. The second-order valence-corrected chi connectivity index (χ2v) is 4.17. The summed E-state index contributed by atoms with van der Waals surface area (Å²) in [5.41, 5.74) is 4.23. The van der Waals surface area contributed by atoms with E-state index < -0.39 is 17.6 Å². The predicted octanol–water partition coefficient (Wildman–Crippen LogP) is 2.53. The monoisotopic (exact) mass is 248 g/mol. The van der Waals surface area contributed by atoms with Gasteiger partial charge in [0.1, 0.15) is 11.4 Å². The molecular formula is C10H15F3N4. The van der Waals surface area contributed by atoms with Crippen LogP contribution in [0.1, 0.15) is 26.3 Å². The molecule has 0 radical (unpaired) electrons. The van der Waals surface area contributed by atoms with Crippen LogP contribution in [0.25, 0.3) is 0 Å². The fourth-order valence-corrected chi connectivity index (χ4v) is 1.05. The summed E-state index contributed by atoms with van der Waals surface area (Å²) >= 11 is 0. The van der Waals surface area contributed by atoms with Crippen molar-refractivity contribution in [1.29, 1.82) is 0 Å². The van der Waals surface area contributed by atoms with Gasteiger partial charge in [0.05, 0.1) is 0 Å². The number of nitrogens with one attached hydrogen (secondary N) is 1. The van der Waals surface area contributed by atoms with Crippen molar-refractivity contribution in [3.05, 3.63) is 11.8 Å². The summed E-state index contributed by atoms with van der Waals surface area (Å²) in [7, 11) is 0. The molecule has 7 heteroatoms. The Morgan fingerprint density at radius 2 is 1.88 bits per heavy atom. The lowest BCUT2D eigenvalue weighted by Crippen LogP contribution is -2.23. The summed E-state index contributed by atoms with van der Waals surface area (Å²) in [5, 5.41) is 2.89. The Morgan fingerprint density at radius 3 is 2.29 bits per heavy atom. The highest BCUT2D eigenvalue weighted by atomic mass is 19.4. The fraction of sp³-hybridized carbons (Fsp3) is 0.600. The molecule has 1 aromatic heterocycles. The first-order chi connectivity index (χ1) is 7.71. The maximum Gasteiger partial charge on any atom is 0.421 e. The number of rotatable bonds is 3. The number of nitrogens with two attached hydrogens (primary N) is 1. The van der Waals surface area contributed by atoms with Crippen LogP contribution in [0.2, 0.25) is 0 Å². The second-order valence-electron chi connectivity index (χ2n) is 4.17. The lowest BCUT2D eigenvalue weighted by molar-refractivity contribution is -0.137. The van der Waals surface area contributed by atoms with E-state index in [1.165, 1.54) is 0 Å². The summed E-state index contributed by atoms with van der Waals surface area (Å²) in [5.74, 6) is -0.148. The molecule has 0 saturated carbocycles. The average Bonchev–Trinajstić information content (AvgIpc) is 2.15. The topological polar surface area (TPSA) is 63.8 Å². The minimum Gasteiger partial charge on any atom is -0.383 e. The number of aromatic nitrogens is 2. The number of hydrogen-bond acceptors (Lipinski definition) is 4. The molecular weight excluding hydrogens is 233 g/mol. The van der Waals surface area contributed by atoms with Gasteiger partial charge in [-0.05, 0) is 12.8 Å². The molecule has 0 aliphatic carbocycles. The number of nitrogen functional groups attached to an aromatic ring is 1. The normalized spacial score (nSPS) is 13.8. The van der Waals surface area contributed by atoms with Gasteiger partial charge in [0.15, 0.2) is 0 Å². The molecule has 0 bridgehead atoms. The summed E-state index contributed by atoms with van der Waals surface area (Å²) in [6, 6.07) is 0.0473. The molecule has 0 aromatic carbocycles. The summed E-state index contributed by atoms with van der Waals surface area (Å²) in [6.07, 6.45) is -3.83. The quantitative estimate of drug-likeness (QED) is 0.862. The van der Waals surface area contributed by atoms with E-state index in [0.29, 0.717) is 12.1 Å². The van der Waals surface area contributed by atoms with Crippen molar-refractivity contribution in [2.75, 3.05) is 11.1 Å². The van der Waals surface area contributed by atoms with Crippen molar-refractivity contribution in [3.8, 4) is 0 Å². The van der Waals surface area contributed by atoms with E-state index in [1.807, 2.05) is 20.8 Å². The summed E-state index contributed by atoms with van der Waals surface area (Å²) in [6.45, 7) is 5.85. The van der Waals surface area contributed by atoms with Crippen LogP contribution in [0, 0.1) is 5.92 Å². The molecule has 3 N–H and O–H groups in total. The summed E-state index contributed by atoms with van der Waals surface area (Å²) in [4.78, 5) is 7.20. The Morgan fingerprint density at radius 1 is 1.29 bits per heavy atom. The van der Waals surface area contributed by atoms with Crippen molar-refractivity contribution >= 4 is 11.8 Å². The zero-order valence-electron chi connectivity index (χ0n) is 9.84. The van der Waals surface area contributed by atoms with Crippen molar-refractivity contribution in [1.82, 2.24) is 9.97 Å². The molecule has 0 aliphatic rings. The standard InChI is InChI=1S/C10H15F3N4/c1-5(2)6(3)16-9-15-4-7(8(14)17-9)10(11,12)13/h4-6H,1-3H3,(H3,14,15,16,17)/t6-/m0/s1. The van der Waals surface area contributed by atoms with E-state index in [2.05, 4.69) is 15.3 Å². The molecule has 0 fully saturated rings. The largest absolute Gasteiger partial charge is 0.421 e. The minimum atomic E-state index is -4.52. The van der Waals surface area contributed by atoms with Crippen molar-refractivity contribution in [3.63, 3.8) is 0 Å². The van der Waals surface area contributed by atoms with Gasteiger partial charge < -0.3 is 11.1 Å². The van der Waals surface area contributed by atoms with E-state index >= 15 is 0 Å². The first kappa shape index (κ1) is 13.5. The number of halogens is 3. The highest BCUT2D eigenvalue weighted by Gasteiger charge is 2.34. The maximum absolute atomic E-state index is 12.4. The van der Waals surface area contributed by atoms with Gasteiger partial charge in [0.25, 0.3) is 0 Å². The SMILES string of the molecule is CC(C)[C@H](C)Nc1ncc(C(F)(F)F)c(N)n1. The van der Waals surface area contributed by atoms with Crippen LogP contribution in [0.5, 0.6) is 0 Å². The van der Waals surface area contributed by atoms with E-state index in [0.717, 1.165) is 0 Å². The van der Waals surface area contributed by atoms with Crippen LogP contribution in [-0.2, 0) is 6.18 Å². The third-order valence-corrected chi connectivity index (χ3v) is 2.48. The van der Waals surface area contributed by atoms with E-state index in [1.54, 1.807) is 0 Å². The highest BCUT2D eigenvalue weighted by Crippen LogP contribution is 2.32. The average molecular weight is 248 g/mol. The minimum absolute atomic E-state index is 0.0473. The predicted molar refractivity (Wildman–Crippen MR) is 59.4 cm³/mol. The second kappa shape index (κ2) is 4.77. The van der Waals surface area contributed by atoms with Crippen LogP contribution in [0.15, 0.2) is 6.20 Å². The molecule has 1 rings (SSSR count). The van der Waals surface area contributed by atoms with Crippen molar-refractivity contribution in [2.24, 2.45) is 5.92 Å². The first-order valence-electron chi connectivity index (χ1n) is 5.18. The molecule has 96 valence electrons. The number of anilines is 2. The number of hydrogen-bond donors (Lipinski definition) is 2. The number of alkyl halides is 3. The van der Waals surface area contributed by atoms with Crippen LogP contribution >= 0.6 is 0 Å². The molecule has 1 heterocycles. The van der Waals surface area contributed by atoms with Gasteiger partial charge in [0, 0.05) is 12.2 Å². The molecule has 17 heavy (non-hydrogen) atoms. The van der Waals surface area contributed by atoms with Gasteiger partial charge in [-0.15, -0.1) is 0 Å². The highest BCUT2D eigenvalue weighted by molar-refractivity contribution is 5.44.